The summed E-state index contributed by atoms with van der Waals surface area (Å²) in [4.78, 5) is -0.0889. The minimum atomic E-state index is -3.55. The number of halogens is 2. The molecular weight excluding hydrogens is 258 g/mol. The summed E-state index contributed by atoms with van der Waals surface area (Å²) in [6.45, 7) is 0. The molecule has 0 fully saturated rings. The minimum Gasteiger partial charge on any atom is -0.224 e. The van der Waals surface area contributed by atoms with Gasteiger partial charge in [0.05, 0.1) is 10.5 Å². The van der Waals surface area contributed by atoms with Crippen molar-refractivity contribution in [2.45, 2.75) is 4.90 Å². The quantitative estimate of drug-likeness (QED) is 0.839. The molecule has 94 valence electrons. The van der Waals surface area contributed by atoms with Crippen molar-refractivity contribution in [3.05, 3.63) is 54.1 Å². The van der Waals surface area contributed by atoms with Gasteiger partial charge in [0.15, 0.2) is 9.84 Å². The van der Waals surface area contributed by atoms with E-state index in [0.29, 0.717) is 0 Å². The van der Waals surface area contributed by atoms with E-state index in [0.717, 1.165) is 18.4 Å². The Labute approximate surface area is 104 Å². The zero-order chi connectivity index (χ0) is 13.3. The summed E-state index contributed by atoms with van der Waals surface area (Å²) in [5.74, 6) is -1.57. The largest absolute Gasteiger partial charge is 0.224 e. The van der Waals surface area contributed by atoms with E-state index in [9.17, 15) is 17.2 Å². The Morgan fingerprint density at radius 2 is 1.44 bits per heavy atom. The van der Waals surface area contributed by atoms with Gasteiger partial charge in [-0.15, -0.1) is 0 Å². The topological polar surface area (TPSA) is 34.1 Å². The molecule has 0 saturated heterocycles. The minimum absolute atomic E-state index is 0.0376. The molecule has 0 amide bonds. The van der Waals surface area contributed by atoms with E-state index in [-0.39, 0.29) is 16.0 Å². The summed E-state index contributed by atoms with van der Waals surface area (Å²) in [6, 6.07) is 9.19. The van der Waals surface area contributed by atoms with Crippen LogP contribution in [0.3, 0.4) is 0 Å². The Hall–Kier alpha value is -1.75. The highest BCUT2D eigenvalue weighted by Gasteiger charge is 2.19. The van der Waals surface area contributed by atoms with Crippen molar-refractivity contribution in [1.29, 1.82) is 0 Å². The second kappa shape index (κ2) is 4.49. The van der Waals surface area contributed by atoms with Gasteiger partial charge in [-0.25, -0.2) is 17.2 Å². The van der Waals surface area contributed by atoms with Crippen LogP contribution in [0.25, 0.3) is 11.1 Å². The molecule has 0 aliphatic rings. The average Bonchev–Trinajstić information content (AvgIpc) is 2.28. The molecule has 0 aromatic heterocycles. The third-order valence-electron chi connectivity index (χ3n) is 2.52. The lowest BCUT2D eigenvalue weighted by molar-refractivity contribution is 0.588. The summed E-state index contributed by atoms with van der Waals surface area (Å²) >= 11 is 0. The van der Waals surface area contributed by atoms with Gasteiger partial charge in [0.25, 0.3) is 0 Å². The summed E-state index contributed by atoms with van der Waals surface area (Å²) in [7, 11) is -3.55. The van der Waals surface area contributed by atoms with Crippen LogP contribution in [0.2, 0.25) is 0 Å². The molecular formula is C13H10F2O2S. The predicted octanol–water partition coefficient (Wildman–Crippen LogP) is 3.04. The molecule has 0 heterocycles. The molecule has 2 nitrogen and oxygen atoms in total. The lowest BCUT2D eigenvalue weighted by Gasteiger charge is -2.09. The van der Waals surface area contributed by atoms with Crippen molar-refractivity contribution >= 4 is 9.84 Å². The molecule has 0 radical (unpaired) electrons. The van der Waals surface area contributed by atoms with Gasteiger partial charge in [0.1, 0.15) is 11.6 Å². The van der Waals surface area contributed by atoms with Crippen LogP contribution in [0.1, 0.15) is 0 Å². The van der Waals surface area contributed by atoms with Crippen LogP contribution >= 0.6 is 0 Å². The van der Waals surface area contributed by atoms with Crippen LogP contribution in [0.4, 0.5) is 8.78 Å². The fourth-order valence-corrected chi connectivity index (χ4v) is 2.65. The number of benzene rings is 2. The SMILES string of the molecule is CS(=O)(=O)c1ccccc1-c1c(F)cccc1F. The third-order valence-corrected chi connectivity index (χ3v) is 3.67. The normalized spacial score (nSPS) is 11.5. The van der Waals surface area contributed by atoms with E-state index >= 15 is 0 Å². The first-order chi connectivity index (χ1) is 8.41. The number of sulfone groups is 1. The van der Waals surface area contributed by atoms with E-state index in [1.807, 2.05) is 0 Å². The lowest BCUT2D eigenvalue weighted by atomic mass is 10.0. The Kier molecular flexibility index (Phi) is 3.17. The Bertz CT molecular complexity index is 674. The van der Waals surface area contributed by atoms with Gasteiger partial charge < -0.3 is 0 Å². The third kappa shape index (κ3) is 2.26. The van der Waals surface area contributed by atoms with Crippen molar-refractivity contribution < 1.29 is 17.2 Å². The average molecular weight is 268 g/mol. The molecule has 2 aromatic carbocycles. The van der Waals surface area contributed by atoms with Crippen LogP contribution in [-0.2, 0) is 9.84 Å². The molecule has 18 heavy (non-hydrogen) atoms. The maximum atomic E-state index is 13.7. The zero-order valence-corrected chi connectivity index (χ0v) is 10.3. The van der Waals surface area contributed by atoms with Crippen molar-refractivity contribution in [2.75, 3.05) is 6.26 Å². The number of rotatable bonds is 2. The molecule has 0 bridgehead atoms. The molecule has 0 N–H and O–H groups in total. The number of hydrogen-bond acceptors (Lipinski definition) is 2. The van der Waals surface area contributed by atoms with Crippen LogP contribution in [0.15, 0.2) is 47.4 Å². The summed E-state index contributed by atoms with van der Waals surface area (Å²) in [5.41, 5.74) is -0.283. The van der Waals surface area contributed by atoms with E-state index in [4.69, 9.17) is 0 Å². The first-order valence-corrected chi connectivity index (χ1v) is 7.04. The lowest BCUT2D eigenvalue weighted by Crippen LogP contribution is -2.01. The summed E-state index contributed by atoms with van der Waals surface area (Å²) < 4.78 is 50.5. The van der Waals surface area contributed by atoms with Gasteiger partial charge in [-0.3, -0.25) is 0 Å². The Morgan fingerprint density at radius 1 is 0.889 bits per heavy atom. The molecule has 0 aliphatic heterocycles. The van der Waals surface area contributed by atoms with Gasteiger partial charge in [-0.1, -0.05) is 24.3 Å². The van der Waals surface area contributed by atoms with Gasteiger partial charge in [-0.2, -0.15) is 0 Å². The Balaban J connectivity index is 2.81. The first kappa shape index (κ1) is 12.7. The molecule has 5 heteroatoms. The van der Waals surface area contributed by atoms with E-state index in [2.05, 4.69) is 0 Å². The van der Waals surface area contributed by atoms with E-state index in [1.165, 1.54) is 30.3 Å². The van der Waals surface area contributed by atoms with Crippen molar-refractivity contribution in [1.82, 2.24) is 0 Å². The molecule has 2 rings (SSSR count). The number of hydrogen-bond donors (Lipinski definition) is 0. The highest BCUT2D eigenvalue weighted by molar-refractivity contribution is 7.90. The predicted molar refractivity (Wildman–Crippen MR) is 64.9 cm³/mol. The van der Waals surface area contributed by atoms with Crippen LogP contribution < -0.4 is 0 Å². The van der Waals surface area contributed by atoms with Gasteiger partial charge in [0.2, 0.25) is 0 Å². The van der Waals surface area contributed by atoms with Gasteiger partial charge >= 0.3 is 0 Å². The van der Waals surface area contributed by atoms with Crippen molar-refractivity contribution in [3.8, 4) is 11.1 Å². The monoisotopic (exact) mass is 268 g/mol. The Morgan fingerprint density at radius 3 is 2.00 bits per heavy atom. The molecule has 0 saturated carbocycles. The highest BCUT2D eigenvalue weighted by atomic mass is 32.2. The van der Waals surface area contributed by atoms with Crippen LogP contribution in [-0.4, -0.2) is 14.7 Å². The summed E-state index contributed by atoms with van der Waals surface area (Å²) in [5, 5.41) is 0. The van der Waals surface area contributed by atoms with Crippen molar-refractivity contribution in [2.24, 2.45) is 0 Å². The fourth-order valence-electron chi connectivity index (χ4n) is 1.75. The van der Waals surface area contributed by atoms with E-state index < -0.39 is 21.5 Å². The van der Waals surface area contributed by atoms with Crippen LogP contribution in [0, 0.1) is 11.6 Å². The molecule has 0 aliphatic carbocycles. The fraction of sp³-hybridized carbons (Fsp3) is 0.0769. The smallest absolute Gasteiger partial charge is 0.176 e. The van der Waals surface area contributed by atoms with Crippen LogP contribution in [0.5, 0.6) is 0 Å². The second-order valence-corrected chi connectivity index (χ2v) is 5.85. The molecule has 2 aromatic rings. The van der Waals surface area contributed by atoms with Crippen molar-refractivity contribution in [3.63, 3.8) is 0 Å². The maximum absolute atomic E-state index is 13.7. The molecule has 0 unspecified atom stereocenters. The molecule has 0 atom stereocenters. The first-order valence-electron chi connectivity index (χ1n) is 5.15. The van der Waals surface area contributed by atoms with Gasteiger partial charge in [0, 0.05) is 11.8 Å². The molecule has 0 spiro atoms. The standard InChI is InChI=1S/C13H10F2O2S/c1-18(16,17)12-8-3-2-5-9(12)13-10(14)6-4-7-11(13)15/h2-8H,1H3. The van der Waals surface area contributed by atoms with E-state index in [1.54, 1.807) is 0 Å². The summed E-state index contributed by atoms with van der Waals surface area (Å²) in [6.07, 6.45) is 1.00. The second-order valence-electron chi connectivity index (χ2n) is 3.86. The highest BCUT2D eigenvalue weighted by Crippen LogP contribution is 2.31. The van der Waals surface area contributed by atoms with Gasteiger partial charge in [-0.05, 0) is 18.2 Å². The maximum Gasteiger partial charge on any atom is 0.176 e. The zero-order valence-electron chi connectivity index (χ0n) is 9.52.